The zero-order chi connectivity index (χ0) is 26.5. The van der Waals surface area contributed by atoms with Gasteiger partial charge in [-0.2, -0.15) is 0 Å². The predicted octanol–water partition coefficient (Wildman–Crippen LogP) is 5.22. The van der Waals surface area contributed by atoms with E-state index >= 15 is 0 Å². The molecule has 7 nitrogen and oxygen atoms in total. The van der Waals surface area contributed by atoms with Gasteiger partial charge in [0, 0.05) is 21.9 Å². The van der Waals surface area contributed by atoms with Crippen molar-refractivity contribution >= 4 is 33.1 Å². The van der Waals surface area contributed by atoms with E-state index in [4.69, 9.17) is 14.6 Å². The summed E-state index contributed by atoms with van der Waals surface area (Å²) in [5.41, 5.74) is 2.77. The van der Waals surface area contributed by atoms with E-state index in [9.17, 15) is 14.0 Å². The number of pyridine rings is 1. The smallest absolute Gasteiger partial charge is 0.251 e. The Labute approximate surface area is 217 Å². The number of nitrogens with one attached hydrogen (secondary N) is 1. The Morgan fingerprint density at radius 3 is 2.68 bits per heavy atom. The number of methoxy groups -OCH3 is 1. The van der Waals surface area contributed by atoms with Crippen molar-refractivity contribution in [3.8, 4) is 22.8 Å². The number of rotatable bonds is 10. The quantitative estimate of drug-likeness (QED) is 0.277. The van der Waals surface area contributed by atoms with E-state index in [1.54, 1.807) is 24.3 Å². The minimum atomic E-state index is -0.458. The third-order valence-corrected chi connectivity index (χ3v) is 6.82. The molecule has 2 heterocycles. The maximum absolute atomic E-state index is 14.2. The fourth-order valence-electron chi connectivity index (χ4n) is 3.82. The first-order chi connectivity index (χ1) is 17.8. The molecule has 2 aromatic heterocycles. The van der Waals surface area contributed by atoms with Gasteiger partial charge in [-0.05, 0) is 47.9 Å². The number of fused-ring (bicyclic) bond motifs is 1. The highest BCUT2D eigenvalue weighted by molar-refractivity contribution is 7.17. The summed E-state index contributed by atoms with van der Waals surface area (Å²) in [6, 6.07) is 13.2. The number of Topliss-reactive ketones (excluding diaryl/α,β-unsaturated/α-hetero) is 1. The standard InChI is InChI=1S/C28H27FN2O5S/c1-16(2)18-11-22(20-15-37-27-19(20)5-4-6-21(27)29)31-23(12-18)24(33)14-30-28(34)17-7-8-25(36-10-9-32)26(13-17)35-3/h4-8,11-13,15-16,32H,9-10,14H2,1-3H3,(H,30,34). The number of hydrogen-bond donors (Lipinski definition) is 2. The molecular formula is C28H27FN2O5S. The minimum absolute atomic E-state index is 0.0942. The van der Waals surface area contributed by atoms with Crippen LogP contribution >= 0.6 is 11.3 Å². The van der Waals surface area contributed by atoms with Crippen LogP contribution in [0.3, 0.4) is 0 Å². The normalized spacial score (nSPS) is 11.1. The van der Waals surface area contributed by atoms with Gasteiger partial charge >= 0.3 is 0 Å². The van der Waals surface area contributed by atoms with Crippen LogP contribution in [-0.4, -0.2) is 48.6 Å². The average molecular weight is 523 g/mol. The molecule has 0 unspecified atom stereocenters. The van der Waals surface area contributed by atoms with Gasteiger partial charge in [0.25, 0.3) is 5.91 Å². The summed E-state index contributed by atoms with van der Waals surface area (Å²) in [5.74, 6) is -0.242. The largest absolute Gasteiger partial charge is 0.493 e. The van der Waals surface area contributed by atoms with Gasteiger partial charge in [0.1, 0.15) is 18.1 Å². The number of thiophene rings is 1. The molecule has 2 aromatic carbocycles. The molecule has 0 bridgehead atoms. The highest BCUT2D eigenvalue weighted by atomic mass is 32.1. The molecule has 4 rings (SSSR count). The van der Waals surface area contributed by atoms with Gasteiger partial charge in [-0.25, -0.2) is 9.37 Å². The number of benzene rings is 2. The van der Waals surface area contributed by atoms with Crippen LogP contribution in [0.2, 0.25) is 0 Å². The summed E-state index contributed by atoms with van der Waals surface area (Å²) in [6.07, 6.45) is 0. The Morgan fingerprint density at radius 2 is 1.95 bits per heavy atom. The fourth-order valence-corrected chi connectivity index (χ4v) is 4.79. The lowest BCUT2D eigenvalue weighted by atomic mass is 9.99. The molecule has 0 fully saturated rings. The Hall–Kier alpha value is -3.82. The monoisotopic (exact) mass is 522 g/mol. The first-order valence-electron chi connectivity index (χ1n) is 11.7. The molecule has 37 heavy (non-hydrogen) atoms. The number of halogens is 1. The van der Waals surface area contributed by atoms with E-state index in [2.05, 4.69) is 10.3 Å². The first kappa shape index (κ1) is 26.2. The van der Waals surface area contributed by atoms with Crippen LogP contribution in [0.1, 0.15) is 46.2 Å². The summed E-state index contributed by atoms with van der Waals surface area (Å²) in [5, 5.41) is 14.2. The number of aliphatic hydroxyl groups is 1. The van der Waals surface area contributed by atoms with Crippen molar-refractivity contribution in [2.75, 3.05) is 26.9 Å². The number of carbonyl (C=O) groups is 2. The van der Waals surface area contributed by atoms with Crippen molar-refractivity contribution in [1.29, 1.82) is 0 Å². The van der Waals surface area contributed by atoms with Crippen molar-refractivity contribution in [2.24, 2.45) is 0 Å². The molecule has 192 valence electrons. The van der Waals surface area contributed by atoms with Crippen LogP contribution in [-0.2, 0) is 0 Å². The lowest BCUT2D eigenvalue weighted by Crippen LogP contribution is -2.30. The van der Waals surface area contributed by atoms with E-state index in [1.165, 1.54) is 30.6 Å². The number of ketones is 1. The molecule has 0 aliphatic heterocycles. The molecule has 0 atom stereocenters. The zero-order valence-corrected chi connectivity index (χ0v) is 21.5. The molecule has 4 aromatic rings. The number of aliphatic hydroxyl groups excluding tert-OH is 1. The minimum Gasteiger partial charge on any atom is -0.493 e. The molecule has 0 aliphatic carbocycles. The Kier molecular flexibility index (Phi) is 8.15. The van der Waals surface area contributed by atoms with Crippen LogP contribution < -0.4 is 14.8 Å². The van der Waals surface area contributed by atoms with Gasteiger partial charge < -0.3 is 19.9 Å². The Morgan fingerprint density at radius 1 is 1.14 bits per heavy atom. The molecule has 2 N–H and O–H groups in total. The number of carbonyl (C=O) groups excluding carboxylic acids is 2. The Bertz CT molecular complexity index is 1450. The number of hydrogen-bond acceptors (Lipinski definition) is 7. The average Bonchev–Trinajstić information content (AvgIpc) is 3.35. The van der Waals surface area contributed by atoms with E-state index < -0.39 is 5.91 Å². The molecular weight excluding hydrogens is 495 g/mol. The van der Waals surface area contributed by atoms with Crippen LogP contribution in [0.4, 0.5) is 4.39 Å². The maximum Gasteiger partial charge on any atom is 0.251 e. The highest BCUT2D eigenvalue weighted by Gasteiger charge is 2.18. The summed E-state index contributed by atoms with van der Waals surface area (Å²) in [4.78, 5) is 30.4. The summed E-state index contributed by atoms with van der Waals surface area (Å²) >= 11 is 1.30. The maximum atomic E-state index is 14.2. The number of nitrogens with zero attached hydrogens (tertiary/aromatic N) is 1. The third kappa shape index (κ3) is 5.79. The van der Waals surface area contributed by atoms with Crippen molar-refractivity contribution in [2.45, 2.75) is 19.8 Å². The molecule has 0 radical (unpaired) electrons. The summed E-state index contributed by atoms with van der Waals surface area (Å²) in [6.45, 7) is 3.72. The van der Waals surface area contributed by atoms with Crippen LogP contribution in [0.15, 0.2) is 53.9 Å². The van der Waals surface area contributed by atoms with Gasteiger partial charge in [-0.15, -0.1) is 11.3 Å². The van der Waals surface area contributed by atoms with Gasteiger partial charge in [0.05, 0.1) is 30.7 Å². The summed E-state index contributed by atoms with van der Waals surface area (Å²) in [7, 11) is 1.45. The van der Waals surface area contributed by atoms with Gasteiger partial charge in [0.15, 0.2) is 17.3 Å². The van der Waals surface area contributed by atoms with Crippen molar-refractivity contribution in [1.82, 2.24) is 10.3 Å². The second kappa shape index (κ2) is 11.5. The lowest BCUT2D eigenvalue weighted by molar-refractivity contribution is 0.0902. The van der Waals surface area contributed by atoms with Gasteiger partial charge in [0.2, 0.25) is 0 Å². The summed E-state index contributed by atoms with van der Waals surface area (Å²) < 4.78 is 25.4. The van der Waals surface area contributed by atoms with Crippen LogP contribution in [0, 0.1) is 5.82 Å². The molecule has 0 saturated carbocycles. The fraction of sp³-hybridized carbons (Fsp3) is 0.250. The predicted molar refractivity (Wildman–Crippen MR) is 141 cm³/mol. The SMILES string of the molecule is COc1cc(C(=O)NCC(=O)c2cc(C(C)C)cc(-c3csc4c(F)cccc34)n2)ccc1OCCO. The molecule has 0 aliphatic rings. The van der Waals surface area contributed by atoms with E-state index in [0.717, 1.165) is 16.5 Å². The molecule has 1 amide bonds. The lowest BCUT2D eigenvalue weighted by Gasteiger charge is -2.12. The highest BCUT2D eigenvalue weighted by Crippen LogP contribution is 2.35. The first-order valence-corrected chi connectivity index (χ1v) is 12.6. The van der Waals surface area contributed by atoms with E-state index in [0.29, 0.717) is 21.9 Å². The van der Waals surface area contributed by atoms with E-state index in [-0.39, 0.29) is 48.5 Å². The molecule has 9 heteroatoms. The van der Waals surface area contributed by atoms with Gasteiger partial charge in [-0.1, -0.05) is 26.0 Å². The van der Waals surface area contributed by atoms with Crippen molar-refractivity contribution < 1.29 is 28.6 Å². The molecule has 0 saturated heterocycles. The topological polar surface area (TPSA) is 97.8 Å². The Balaban J connectivity index is 1.56. The van der Waals surface area contributed by atoms with Crippen LogP contribution in [0.5, 0.6) is 11.5 Å². The second-order valence-corrected chi connectivity index (χ2v) is 9.51. The van der Waals surface area contributed by atoms with Crippen LogP contribution in [0.25, 0.3) is 21.3 Å². The zero-order valence-electron chi connectivity index (χ0n) is 20.7. The third-order valence-electron chi connectivity index (χ3n) is 5.81. The van der Waals surface area contributed by atoms with Crippen molar-refractivity contribution in [3.63, 3.8) is 0 Å². The number of aromatic nitrogens is 1. The van der Waals surface area contributed by atoms with Crippen molar-refractivity contribution in [3.05, 3.63) is 76.5 Å². The number of ether oxygens (including phenoxy) is 2. The van der Waals surface area contributed by atoms with Gasteiger partial charge in [-0.3, -0.25) is 9.59 Å². The molecule has 0 spiro atoms. The number of amides is 1. The second-order valence-electron chi connectivity index (χ2n) is 8.64. The van der Waals surface area contributed by atoms with E-state index in [1.807, 2.05) is 31.4 Å².